The molecule has 0 saturated carbocycles. The molecule has 1 aliphatic rings. The highest BCUT2D eigenvalue weighted by molar-refractivity contribution is 7.89. The van der Waals surface area contributed by atoms with E-state index in [2.05, 4.69) is 0 Å². The predicted molar refractivity (Wildman–Crippen MR) is 120 cm³/mol. The summed E-state index contributed by atoms with van der Waals surface area (Å²) in [6.45, 7) is 0. The lowest BCUT2D eigenvalue weighted by Crippen LogP contribution is -2.33. The molecule has 158 valence electrons. The van der Waals surface area contributed by atoms with Gasteiger partial charge in [0.05, 0.1) is 15.9 Å². The lowest BCUT2D eigenvalue weighted by molar-refractivity contribution is -0.385. The monoisotopic (exact) mass is 435 g/mol. The topological polar surface area (TPSA) is 83.8 Å². The molecule has 0 spiro atoms. The Bertz CT molecular complexity index is 1270. The van der Waals surface area contributed by atoms with Gasteiger partial charge in [0.15, 0.2) is 0 Å². The summed E-state index contributed by atoms with van der Waals surface area (Å²) in [5, 5.41) is 11.2. The molecule has 1 aliphatic heterocycles. The third-order valence-corrected chi connectivity index (χ3v) is 7.01. The molecule has 3 aromatic carbocycles. The number of nitrogens with zero attached hydrogens (tertiary/aromatic N) is 3. The van der Waals surface area contributed by atoms with Crippen LogP contribution in [0.1, 0.15) is 22.7 Å². The van der Waals surface area contributed by atoms with E-state index >= 15 is 0 Å². The van der Waals surface area contributed by atoms with Gasteiger partial charge < -0.3 is 4.90 Å². The number of nitro groups is 1. The van der Waals surface area contributed by atoms with Gasteiger partial charge in [-0.1, -0.05) is 42.5 Å². The molecular weight excluding hydrogens is 414 g/mol. The zero-order chi connectivity index (χ0) is 22.2. The van der Waals surface area contributed by atoms with E-state index in [9.17, 15) is 18.5 Å². The standard InChI is InChI=1S/C23H21N3O4S/c1-24(2)19-12-10-18(11-13-19)23-22-9-4-3-6-17(22)14-15-25(23)31(29,30)21-8-5-7-20(16-21)26(27)28/h3-16,23H,1-2H3/t23-/m1/s1. The van der Waals surface area contributed by atoms with Crippen LogP contribution in [0.4, 0.5) is 11.4 Å². The van der Waals surface area contributed by atoms with E-state index in [-0.39, 0.29) is 10.6 Å². The molecule has 7 nitrogen and oxygen atoms in total. The molecule has 1 heterocycles. The molecule has 0 aromatic heterocycles. The lowest BCUT2D eigenvalue weighted by atomic mass is 9.92. The number of nitro benzene ring substituents is 1. The van der Waals surface area contributed by atoms with Gasteiger partial charge in [0.1, 0.15) is 0 Å². The number of anilines is 1. The van der Waals surface area contributed by atoms with Crippen molar-refractivity contribution < 1.29 is 13.3 Å². The Labute approximate surface area is 181 Å². The molecule has 0 saturated heterocycles. The van der Waals surface area contributed by atoms with Gasteiger partial charge in [-0.25, -0.2) is 8.42 Å². The molecule has 1 atom stereocenters. The summed E-state index contributed by atoms with van der Waals surface area (Å²) < 4.78 is 28.4. The van der Waals surface area contributed by atoms with Crippen LogP contribution in [0.15, 0.2) is 83.9 Å². The molecule has 0 amide bonds. The molecule has 0 unspecified atom stereocenters. The third kappa shape index (κ3) is 3.77. The maximum atomic E-state index is 13.6. The van der Waals surface area contributed by atoms with Crippen molar-refractivity contribution in [1.29, 1.82) is 0 Å². The maximum absolute atomic E-state index is 13.6. The number of fused-ring (bicyclic) bond motifs is 1. The summed E-state index contributed by atoms with van der Waals surface area (Å²) in [7, 11) is -0.178. The number of sulfonamides is 1. The Balaban J connectivity index is 1.85. The quantitative estimate of drug-likeness (QED) is 0.437. The summed E-state index contributed by atoms with van der Waals surface area (Å²) >= 11 is 0. The highest BCUT2D eigenvalue weighted by Crippen LogP contribution is 2.39. The van der Waals surface area contributed by atoms with Crippen molar-refractivity contribution in [2.75, 3.05) is 19.0 Å². The third-order valence-electron chi connectivity index (χ3n) is 5.28. The molecular formula is C23H21N3O4S. The minimum atomic E-state index is -4.05. The van der Waals surface area contributed by atoms with Crippen LogP contribution in [-0.4, -0.2) is 31.7 Å². The highest BCUT2D eigenvalue weighted by Gasteiger charge is 2.34. The summed E-state index contributed by atoms with van der Waals surface area (Å²) in [5.41, 5.74) is 3.30. The van der Waals surface area contributed by atoms with E-state index in [0.29, 0.717) is 0 Å². The summed E-state index contributed by atoms with van der Waals surface area (Å²) in [6.07, 6.45) is 3.27. The zero-order valence-corrected chi connectivity index (χ0v) is 17.9. The zero-order valence-electron chi connectivity index (χ0n) is 17.0. The van der Waals surface area contributed by atoms with Crippen molar-refractivity contribution >= 4 is 27.5 Å². The van der Waals surface area contributed by atoms with Crippen molar-refractivity contribution in [3.63, 3.8) is 0 Å². The summed E-state index contributed by atoms with van der Waals surface area (Å²) in [6, 6.07) is 19.8. The second-order valence-electron chi connectivity index (χ2n) is 7.42. The van der Waals surface area contributed by atoms with Gasteiger partial charge >= 0.3 is 0 Å². The summed E-state index contributed by atoms with van der Waals surface area (Å²) in [4.78, 5) is 12.4. The van der Waals surface area contributed by atoms with Gasteiger partial charge in [-0.2, -0.15) is 0 Å². The first-order valence-electron chi connectivity index (χ1n) is 9.61. The molecule has 8 heteroatoms. The molecule has 31 heavy (non-hydrogen) atoms. The second-order valence-corrected chi connectivity index (χ2v) is 9.27. The van der Waals surface area contributed by atoms with Gasteiger partial charge in [0.25, 0.3) is 15.7 Å². The maximum Gasteiger partial charge on any atom is 0.270 e. The van der Waals surface area contributed by atoms with Gasteiger partial charge in [0, 0.05) is 38.1 Å². The van der Waals surface area contributed by atoms with Crippen molar-refractivity contribution in [3.8, 4) is 0 Å². The fourth-order valence-electron chi connectivity index (χ4n) is 3.67. The Morgan fingerprint density at radius 1 is 0.968 bits per heavy atom. The number of rotatable bonds is 5. The molecule has 0 bridgehead atoms. The Morgan fingerprint density at radius 2 is 1.68 bits per heavy atom. The lowest BCUT2D eigenvalue weighted by Gasteiger charge is -2.34. The first-order valence-corrected chi connectivity index (χ1v) is 11.1. The van der Waals surface area contributed by atoms with E-state index in [1.54, 1.807) is 6.08 Å². The van der Waals surface area contributed by atoms with Crippen LogP contribution in [0.2, 0.25) is 0 Å². The van der Waals surface area contributed by atoms with Crippen molar-refractivity contribution in [3.05, 3.63) is 106 Å². The largest absolute Gasteiger partial charge is 0.378 e. The molecule has 3 aromatic rings. The average Bonchev–Trinajstić information content (AvgIpc) is 2.78. The Kier molecular flexibility index (Phi) is 5.24. The van der Waals surface area contributed by atoms with Crippen molar-refractivity contribution in [1.82, 2.24) is 4.31 Å². The minimum Gasteiger partial charge on any atom is -0.378 e. The molecule has 0 fully saturated rings. The fourth-order valence-corrected chi connectivity index (χ4v) is 5.17. The Morgan fingerprint density at radius 3 is 2.35 bits per heavy atom. The minimum absolute atomic E-state index is 0.124. The van der Waals surface area contributed by atoms with Crippen LogP contribution >= 0.6 is 0 Å². The van der Waals surface area contributed by atoms with Gasteiger partial charge in [0.2, 0.25) is 0 Å². The number of hydrogen-bond acceptors (Lipinski definition) is 5. The molecule has 0 aliphatic carbocycles. The van der Waals surface area contributed by atoms with E-state index in [1.165, 1.54) is 28.7 Å². The van der Waals surface area contributed by atoms with Crippen molar-refractivity contribution in [2.45, 2.75) is 10.9 Å². The summed E-state index contributed by atoms with van der Waals surface area (Å²) in [5.74, 6) is 0. The van der Waals surface area contributed by atoms with Crippen LogP contribution in [0.25, 0.3) is 6.08 Å². The highest BCUT2D eigenvalue weighted by atomic mass is 32.2. The van der Waals surface area contributed by atoms with Crippen LogP contribution in [-0.2, 0) is 10.0 Å². The van der Waals surface area contributed by atoms with Gasteiger partial charge in [-0.05, 0) is 41.0 Å². The van der Waals surface area contributed by atoms with Gasteiger partial charge in [-0.15, -0.1) is 0 Å². The normalized spacial score (nSPS) is 15.4. The number of non-ortho nitro benzene ring substituents is 1. The van der Waals surface area contributed by atoms with Crippen LogP contribution < -0.4 is 4.90 Å². The van der Waals surface area contributed by atoms with E-state index in [4.69, 9.17) is 0 Å². The number of hydrogen-bond donors (Lipinski definition) is 0. The molecule has 0 N–H and O–H groups in total. The second kappa shape index (κ2) is 7.88. The first kappa shape index (κ1) is 20.6. The van der Waals surface area contributed by atoms with Crippen LogP contribution in [0.5, 0.6) is 0 Å². The number of benzene rings is 3. The smallest absolute Gasteiger partial charge is 0.270 e. The van der Waals surface area contributed by atoms with Gasteiger partial charge in [-0.3, -0.25) is 14.4 Å². The van der Waals surface area contributed by atoms with E-state index < -0.39 is 21.0 Å². The van der Waals surface area contributed by atoms with E-state index in [0.717, 1.165) is 28.4 Å². The SMILES string of the molecule is CN(C)c1ccc([C@@H]2c3ccccc3C=CN2S(=O)(=O)c2cccc([N+](=O)[O-])c2)cc1. The first-order chi connectivity index (χ1) is 14.8. The van der Waals surface area contributed by atoms with Crippen molar-refractivity contribution in [2.24, 2.45) is 0 Å². The Hall–Kier alpha value is -3.65. The predicted octanol–water partition coefficient (Wildman–Crippen LogP) is 4.43. The van der Waals surface area contributed by atoms with Crippen LogP contribution in [0.3, 0.4) is 0 Å². The molecule has 4 rings (SSSR count). The van der Waals surface area contributed by atoms with Crippen LogP contribution in [0, 0.1) is 10.1 Å². The molecule has 0 radical (unpaired) electrons. The fraction of sp³-hybridized carbons (Fsp3) is 0.130. The van der Waals surface area contributed by atoms with E-state index in [1.807, 2.05) is 67.5 Å². The average molecular weight is 436 g/mol.